The Hall–Kier alpha value is -1.95. The molecule has 128 valence electrons. The van der Waals surface area contributed by atoms with Crippen LogP contribution in [0, 0.1) is 10.8 Å². The second-order valence-electron chi connectivity index (χ2n) is 7.20. The van der Waals surface area contributed by atoms with E-state index < -0.39 is 5.91 Å². The molecule has 0 unspecified atom stereocenters. The van der Waals surface area contributed by atoms with Crippen LogP contribution in [0.15, 0.2) is 30.9 Å². The van der Waals surface area contributed by atoms with E-state index in [1.165, 1.54) is 12.1 Å². The van der Waals surface area contributed by atoms with Crippen LogP contribution in [0.1, 0.15) is 24.2 Å². The lowest BCUT2D eigenvalue weighted by Gasteiger charge is -2.30. The molecule has 1 aromatic carbocycles. The van der Waals surface area contributed by atoms with Crippen LogP contribution in [0.4, 0.5) is 5.69 Å². The summed E-state index contributed by atoms with van der Waals surface area (Å²) in [6, 6.07) is 4.55. The number of hydrogen-bond acceptors (Lipinski definition) is 4. The number of nitrogens with one attached hydrogen (secondary N) is 1. The topological polar surface area (TPSA) is 69.6 Å². The van der Waals surface area contributed by atoms with Gasteiger partial charge in [-0.25, -0.2) is 0 Å². The lowest BCUT2D eigenvalue weighted by Crippen LogP contribution is -2.34. The van der Waals surface area contributed by atoms with Gasteiger partial charge in [0.15, 0.2) is 0 Å². The SMILES string of the molecule is C=CC(=O)Nc1cc(C(=O)N2C[C@]3(C)CSC[C@]3(C)C2)ccc1O. The van der Waals surface area contributed by atoms with Crippen LogP contribution in [-0.2, 0) is 4.79 Å². The fourth-order valence-electron chi connectivity index (χ4n) is 3.50. The summed E-state index contributed by atoms with van der Waals surface area (Å²) in [4.78, 5) is 26.2. The minimum atomic E-state index is -0.428. The largest absolute Gasteiger partial charge is 0.506 e. The number of thioether (sulfide) groups is 1. The van der Waals surface area contributed by atoms with Crippen molar-refractivity contribution in [1.29, 1.82) is 0 Å². The van der Waals surface area contributed by atoms with E-state index in [4.69, 9.17) is 0 Å². The molecule has 0 spiro atoms. The summed E-state index contributed by atoms with van der Waals surface area (Å²) in [5, 5.41) is 12.4. The van der Waals surface area contributed by atoms with Gasteiger partial charge in [0.2, 0.25) is 5.91 Å². The normalized spacial score (nSPS) is 28.5. The molecule has 2 amide bonds. The van der Waals surface area contributed by atoms with E-state index in [9.17, 15) is 14.7 Å². The highest BCUT2D eigenvalue weighted by molar-refractivity contribution is 7.99. The molecule has 5 nitrogen and oxygen atoms in total. The molecule has 2 N–H and O–H groups in total. The number of likely N-dealkylation sites (tertiary alicyclic amines) is 1. The van der Waals surface area contributed by atoms with Gasteiger partial charge < -0.3 is 15.3 Å². The summed E-state index contributed by atoms with van der Waals surface area (Å²) < 4.78 is 0. The number of carbonyl (C=O) groups excluding carboxylic acids is 2. The molecule has 2 atom stereocenters. The molecule has 6 heteroatoms. The lowest BCUT2D eigenvalue weighted by molar-refractivity contribution is -0.111. The van der Waals surface area contributed by atoms with Gasteiger partial charge in [0, 0.05) is 41.0 Å². The summed E-state index contributed by atoms with van der Waals surface area (Å²) in [6.45, 7) is 9.38. The van der Waals surface area contributed by atoms with E-state index in [0.717, 1.165) is 30.7 Å². The van der Waals surface area contributed by atoms with Crippen molar-refractivity contribution in [2.24, 2.45) is 10.8 Å². The summed E-state index contributed by atoms with van der Waals surface area (Å²) >= 11 is 1.96. The van der Waals surface area contributed by atoms with E-state index in [1.54, 1.807) is 6.07 Å². The molecule has 2 aliphatic rings. The Labute approximate surface area is 146 Å². The third-order valence-electron chi connectivity index (χ3n) is 5.35. The number of hydrogen-bond donors (Lipinski definition) is 2. The summed E-state index contributed by atoms with van der Waals surface area (Å²) in [5.41, 5.74) is 0.971. The average Bonchev–Trinajstić information content (AvgIpc) is 2.96. The minimum Gasteiger partial charge on any atom is -0.506 e. The van der Waals surface area contributed by atoms with E-state index in [1.807, 2.05) is 16.7 Å². The van der Waals surface area contributed by atoms with Crippen molar-refractivity contribution < 1.29 is 14.7 Å². The van der Waals surface area contributed by atoms with Gasteiger partial charge in [-0.2, -0.15) is 11.8 Å². The number of benzene rings is 1. The van der Waals surface area contributed by atoms with Crippen molar-refractivity contribution in [2.75, 3.05) is 29.9 Å². The van der Waals surface area contributed by atoms with Gasteiger partial charge >= 0.3 is 0 Å². The predicted octanol–water partition coefficient (Wildman–Crippen LogP) is 2.73. The van der Waals surface area contributed by atoms with Gasteiger partial charge in [-0.1, -0.05) is 20.4 Å². The van der Waals surface area contributed by atoms with Crippen LogP contribution in [0.2, 0.25) is 0 Å². The van der Waals surface area contributed by atoms with Crippen molar-refractivity contribution in [1.82, 2.24) is 4.90 Å². The molecule has 24 heavy (non-hydrogen) atoms. The summed E-state index contributed by atoms with van der Waals surface area (Å²) in [7, 11) is 0. The van der Waals surface area contributed by atoms with Crippen molar-refractivity contribution >= 4 is 29.3 Å². The Morgan fingerprint density at radius 2 is 1.92 bits per heavy atom. The fourth-order valence-corrected chi connectivity index (χ4v) is 5.38. The Kier molecular flexibility index (Phi) is 4.11. The van der Waals surface area contributed by atoms with Crippen LogP contribution in [0.5, 0.6) is 5.75 Å². The third kappa shape index (κ3) is 2.69. The standard InChI is InChI=1S/C18H22N2O3S/c1-4-15(22)19-13-7-12(5-6-14(13)21)16(23)20-8-17(2)10-24-11-18(17,3)9-20/h4-7,21H,1,8-11H2,2-3H3,(H,19,22)/t17-,18+. The van der Waals surface area contributed by atoms with Crippen LogP contribution in [0.25, 0.3) is 0 Å². The number of anilines is 1. The smallest absolute Gasteiger partial charge is 0.253 e. The first kappa shape index (κ1) is 16.9. The molecule has 3 rings (SSSR count). The first-order valence-corrected chi connectivity index (χ1v) is 9.07. The Morgan fingerprint density at radius 1 is 1.29 bits per heavy atom. The second-order valence-corrected chi connectivity index (χ2v) is 8.19. The number of phenols is 1. The molecule has 0 aliphatic carbocycles. The summed E-state index contributed by atoms with van der Waals surface area (Å²) in [5.74, 6) is 1.58. The van der Waals surface area contributed by atoms with Crippen molar-refractivity contribution in [3.63, 3.8) is 0 Å². The maximum atomic E-state index is 12.9. The van der Waals surface area contributed by atoms with Gasteiger partial charge in [0.1, 0.15) is 5.75 Å². The zero-order valence-electron chi connectivity index (χ0n) is 14.0. The van der Waals surface area contributed by atoms with E-state index in [-0.39, 0.29) is 28.2 Å². The minimum absolute atomic E-state index is 0.0639. The van der Waals surface area contributed by atoms with Crippen molar-refractivity contribution in [3.05, 3.63) is 36.4 Å². The van der Waals surface area contributed by atoms with Crippen LogP contribution in [0.3, 0.4) is 0 Å². The fraction of sp³-hybridized carbons (Fsp3) is 0.444. The van der Waals surface area contributed by atoms with Gasteiger partial charge in [-0.15, -0.1) is 0 Å². The maximum Gasteiger partial charge on any atom is 0.253 e. The highest BCUT2D eigenvalue weighted by Gasteiger charge is 2.56. The Bertz CT molecular complexity index is 702. The van der Waals surface area contributed by atoms with E-state index in [2.05, 4.69) is 25.7 Å². The number of nitrogens with zero attached hydrogens (tertiary/aromatic N) is 1. The first-order valence-electron chi connectivity index (χ1n) is 7.91. The summed E-state index contributed by atoms with van der Waals surface area (Å²) in [6.07, 6.45) is 1.12. The molecule has 0 radical (unpaired) electrons. The first-order chi connectivity index (χ1) is 11.3. The Balaban J connectivity index is 1.82. The third-order valence-corrected chi connectivity index (χ3v) is 7.03. The zero-order valence-corrected chi connectivity index (χ0v) is 14.8. The predicted molar refractivity (Wildman–Crippen MR) is 96.4 cm³/mol. The molecular formula is C18H22N2O3S. The number of aromatic hydroxyl groups is 1. The van der Waals surface area contributed by atoms with Crippen molar-refractivity contribution in [2.45, 2.75) is 13.8 Å². The number of rotatable bonds is 3. The maximum absolute atomic E-state index is 12.9. The lowest BCUT2D eigenvalue weighted by atomic mass is 9.71. The molecule has 2 fully saturated rings. The van der Waals surface area contributed by atoms with Gasteiger partial charge in [0.25, 0.3) is 5.91 Å². The number of fused-ring (bicyclic) bond motifs is 1. The molecule has 2 saturated heterocycles. The van der Waals surface area contributed by atoms with Crippen LogP contribution in [-0.4, -0.2) is 46.4 Å². The highest BCUT2D eigenvalue weighted by Crippen LogP contribution is 2.55. The van der Waals surface area contributed by atoms with Gasteiger partial charge in [0.05, 0.1) is 5.69 Å². The number of carbonyl (C=O) groups is 2. The van der Waals surface area contributed by atoms with Crippen LogP contribution < -0.4 is 5.32 Å². The molecule has 1 aromatic rings. The van der Waals surface area contributed by atoms with Crippen LogP contribution >= 0.6 is 11.8 Å². The molecule has 0 aromatic heterocycles. The van der Waals surface area contributed by atoms with E-state index >= 15 is 0 Å². The van der Waals surface area contributed by atoms with Crippen molar-refractivity contribution in [3.8, 4) is 5.75 Å². The molecule has 0 bridgehead atoms. The van der Waals surface area contributed by atoms with Gasteiger partial charge in [-0.3, -0.25) is 9.59 Å². The second kappa shape index (κ2) is 5.84. The highest BCUT2D eigenvalue weighted by atomic mass is 32.2. The molecule has 0 saturated carbocycles. The van der Waals surface area contributed by atoms with E-state index in [0.29, 0.717) is 5.56 Å². The molecule has 2 aliphatic heterocycles. The average molecular weight is 346 g/mol. The molecule has 2 heterocycles. The number of phenolic OH excluding ortho intramolecular Hbond substituents is 1. The Morgan fingerprint density at radius 3 is 2.50 bits per heavy atom. The number of amides is 2. The monoisotopic (exact) mass is 346 g/mol. The quantitative estimate of drug-likeness (QED) is 0.652. The van der Waals surface area contributed by atoms with Gasteiger partial charge in [-0.05, 0) is 24.3 Å². The molecular weight excluding hydrogens is 324 g/mol. The zero-order chi connectivity index (χ0) is 17.5.